The maximum absolute atomic E-state index is 13.4. The van der Waals surface area contributed by atoms with Gasteiger partial charge in [-0.05, 0) is 93.3 Å². The Morgan fingerprint density at radius 2 is 1.77 bits per heavy atom. The molecule has 44 heavy (non-hydrogen) atoms. The third-order valence-electron chi connectivity index (χ3n) is 6.50. The molecule has 0 spiro atoms. The molecular weight excluding hydrogens is 564 g/mol. The van der Waals surface area contributed by atoms with Crippen LogP contribution in [0.4, 0.5) is 16.2 Å². The predicted octanol–water partition coefficient (Wildman–Crippen LogP) is 5.11. The highest BCUT2D eigenvalue weighted by atomic mass is 16.5. The second-order valence-electron chi connectivity index (χ2n) is 10.3. The minimum atomic E-state index is -0.808. The number of amides is 2. The molecule has 0 aromatic heterocycles. The summed E-state index contributed by atoms with van der Waals surface area (Å²) in [7, 11) is 1.21. The predicted molar refractivity (Wildman–Crippen MR) is 169 cm³/mol. The van der Waals surface area contributed by atoms with Crippen molar-refractivity contribution in [3.8, 4) is 5.75 Å². The van der Waals surface area contributed by atoms with Gasteiger partial charge in [-0.2, -0.15) is 4.99 Å². The van der Waals surface area contributed by atoms with Crippen molar-refractivity contribution < 1.29 is 33.7 Å². The lowest BCUT2D eigenvalue weighted by molar-refractivity contribution is -0.143. The van der Waals surface area contributed by atoms with Gasteiger partial charge in [0.05, 0.1) is 32.0 Å². The maximum Gasteiger partial charge on any atom is 0.435 e. The Morgan fingerprint density at radius 3 is 2.41 bits per heavy atom. The average molecular weight is 605 g/mol. The number of aryl methyl sites for hydroxylation is 1. The van der Waals surface area contributed by atoms with Crippen molar-refractivity contribution in [1.82, 2.24) is 0 Å². The Bertz CT molecular complexity index is 1500. The number of benzene rings is 3. The number of aliphatic hydroxyl groups excluding tert-OH is 1. The topological polar surface area (TPSA) is 162 Å². The Balaban J connectivity index is 1.86. The number of methoxy groups -OCH3 is 1. The molecular formula is C33H40N4O7. The number of carbonyl (C=O) groups excluding carboxylic acids is 3. The highest BCUT2D eigenvalue weighted by Crippen LogP contribution is 2.29. The van der Waals surface area contributed by atoms with Crippen molar-refractivity contribution in [2.45, 2.75) is 59.8 Å². The van der Waals surface area contributed by atoms with E-state index in [1.165, 1.54) is 7.11 Å². The normalized spacial score (nSPS) is 11.2. The number of carbonyl (C=O) groups is 3. The molecule has 11 heteroatoms. The van der Waals surface area contributed by atoms with E-state index in [1.54, 1.807) is 43.3 Å². The van der Waals surface area contributed by atoms with Crippen LogP contribution in [0.1, 0.15) is 65.4 Å². The van der Waals surface area contributed by atoms with Crippen LogP contribution in [0.5, 0.6) is 5.75 Å². The molecule has 0 unspecified atom stereocenters. The summed E-state index contributed by atoms with van der Waals surface area (Å²) in [5.41, 5.74) is 11.1. The zero-order chi connectivity index (χ0) is 32.2. The van der Waals surface area contributed by atoms with Crippen LogP contribution in [0.3, 0.4) is 0 Å². The second-order valence-corrected chi connectivity index (χ2v) is 10.3. The molecule has 0 aliphatic carbocycles. The molecule has 0 aliphatic rings. The largest absolute Gasteiger partial charge is 0.491 e. The van der Waals surface area contributed by atoms with E-state index >= 15 is 0 Å². The van der Waals surface area contributed by atoms with Crippen molar-refractivity contribution >= 4 is 35.2 Å². The monoisotopic (exact) mass is 604 g/mol. The van der Waals surface area contributed by atoms with Gasteiger partial charge in [-0.15, -0.1) is 0 Å². The molecule has 0 aliphatic heterocycles. The Labute approximate surface area is 257 Å². The number of aliphatic imine (C=N–C) groups is 1. The van der Waals surface area contributed by atoms with E-state index in [0.29, 0.717) is 53.4 Å². The fourth-order valence-corrected chi connectivity index (χ4v) is 4.44. The van der Waals surface area contributed by atoms with Gasteiger partial charge in [-0.1, -0.05) is 17.7 Å². The molecule has 0 bridgehead atoms. The SMILES string of the molecule is CCOC(=O)CCc1c(CNc2ccc(C)cc2C(=O)Nc2ccc(/C(N)=N/C(=O)OC)cc2)cc(CO)cc1OC(C)C. The van der Waals surface area contributed by atoms with Gasteiger partial charge in [0, 0.05) is 29.9 Å². The fourth-order valence-electron chi connectivity index (χ4n) is 4.44. The highest BCUT2D eigenvalue weighted by molar-refractivity contribution is 6.08. The number of aliphatic hydroxyl groups is 1. The van der Waals surface area contributed by atoms with Gasteiger partial charge in [0.2, 0.25) is 0 Å². The smallest absolute Gasteiger partial charge is 0.435 e. The quantitative estimate of drug-likeness (QED) is 0.118. The van der Waals surface area contributed by atoms with E-state index in [2.05, 4.69) is 20.4 Å². The maximum atomic E-state index is 13.4. The summed E-state index contributed by atoms with van der Waals surface area (Å²) < 4.78 is 15.7. The summed E-state index contributed by atoms with van der Waals surface area (Å²) in [4.78, 5) is 40.6. The van der Waals surface area contributed by atoms with Gasteiger partial charge in [0.25, 0.3) is 5.91 Å². The summed E-state index contributed by atoms with van der Waals surface area (Å²) in [5, 5.41) is 16.2. The van der Waals surface area contributed by atoms with Gasteiger partial charge < -0.3 is 35.7 Å². The number of esters is 1. The van der Waals surface area contributed by atoms with Crippen molar-refractivity contribution in [2.24, 2.45) is 10.7 Å². The van der Waals surface area contributed by atoms with Crippen LogP contribution in [0.15, 0.2) is 59.6 Å². The van der Waals surface area contributed by atoms with Crippen LogP contribution in [0.2, 0.25) is 0 Å². The number of rotatable bonds is 13. The van der Waals surface area contributed by atoms with Gasteiger partial charge in [0.15, 0.2) is 0 Å². The third kappa shape index (κ3) is 9.56. The molecule has 3 aromatic rings. The van der Waals surface area contributed by atoms with Crippen LogP contribution < -0.4 is 21.1 Å². The van der Waals surface area contributed by atoms with E-state index in [-0.39, 0.29) is 36.8 Å². The van der Waals surface area contributed by atoms with Crippen LogP contribution in [0, 0.1) is 6.92 Å². The molecule has 0 radical (unpaired) electrons. The number of nitrogens with two attached hydrogens (primary N) is 1. The highest BCUT2D eigenvalue weighted by Gasteiger charge is 2.18. The molecule has 0 saturated carbocycles. The lowest BCUT2D eigenvalue weighted by Crippen LogP contribution is -2.17. The number of anilines is 2. The molecule has 0 atom stereocenters. The summed E-state index contributed by atoms with van der Waals surface area (Å²) in [6.45, 7) is 7.90. The van der Waals surface area contributed by atoms with Gasteiger partial charge in [-0.3, -0.25) is 9.59 Å². The Hall–Kier alpha value is -4.90. The zero-order valence-electron chi connectivity index (χ0n) is 25.7. The molecule has 5 N–H and O–H groups in total. The minimum Gasteiger partial charge on any atom is -0.491 e. The summed E-state index contributed by atoms with van der Waals surface area (Å²) >= 11 is 0. The minimum absolute atomic E-state index is 0.00580. The van der Waals surface area contributed by atoms with E-state index < -0.39 is 6.09 Å². The molecule has 234 valence electrons. The van der Waals surface area contributed by atoms with Gasteiger partial charge in [-0.25, -0.2) is 4.79 Å². The average Bonchev–Trinajstić information content (AvgIpc) is 2.99. The second kappa shape index (κ2) is 16.1. The van der Waals surface area contributed by atoms with E-state index in [9.17, 15) is 19.5 Å². The molecule has 0 fully saturated rings. The molecule has 0 saturated heterocycles. The van der Waals surface area contributed by atoms with Crippen LogP contribution >= 0.6 is 0 Å². The number of nitrogens with one attached hydrogen (secondary N) is 2. The lowest BCUT2D eigenvalue weighted by atomic mass is 9.98. The van der Waals surface area contributed by atoms with Gasteiger partial charge >= 0.3 is 12.1 Å². The summed E-state index contributed by atoms with van der Waals surface area (Å²) in [6, 6.07) is 15.7. The molecule has 2 amide bonds. The van der Waals surface area contributed by atoms with Crippen LogP contribution in [-0.2, 0) is 33.8 Å². The summed E-state index contributed by atoms with van der Waals surface area (Å²) in [6.07, 6.45) is -0.373. The molecule has 0 heterocycles. The van der Waals surface area contributed by atoms with Gasteiger partial charge in [0.1, 0.15) is 11.6 Å². The van der Waals surface area contributed by atoms with Crippen LogP contribution in [-0.4, -0.2) is 48.7 Å². The first-order valence-electron chi connectivity index (χ1n) is 14.3. The first kappa shape index (κ1) is 33.6. The number of hydrogen-bond acceptors (Lipinski definition) is 8. The third-order valence-corrected chi connectivity index (χ3v) is 6.50. The van der Waals surface area contributed by atoms with Crippen LogP contribution in [0.25, 0.3) is 0 Å². The Kier molecular flexibility index (Phi) is 12.3. The lowest BCUT2D eigenvalue weighted by Gasteiger charge is -2.20. The summed E-state index contributed by atoms with van der Waals surface area (Å²) in [5.74, 6) is -0.0586. The first-order valence-corrected chi connectivity index (χ1v) is 14.3. The molecule has 3 aromatic carbocycles. The fraction of sp³-hybridized carbons (Fsp3) is 0.333. The standard InChI is InChI=1S/C33H40N4O7/c1-6-43-30(39)14-12-26-24(16-22(19-38)17-29(26)44-20(2)3)18-35-28-13-7-21(4)15-27(28)32(40)36-25-10-8-23(9-11-25)31(34)37-33(41)42-5/h7-11,13,15-17,20,35,38H,6,12,14,18-19H2,1-5H3,(H,36,40)(H2,34,37,41). The van der Waals surface area contributed by atoms with Crippen molar-refractivity contribution in [2.75, 3.05) is 24.4 Å². The molecule has 11 nitrogen and oxygen atoms in total. The van der Waals surface area contributed by atoms with Crippen molar-refractivity contribution in [1.29, 1.82) is 0 Å². The van der Waals surface area contributed by atoms with E-state index in [1.807, 2.05) is 39.0 Å². The number of hydrogen-bond donors (Lipinski definition) is 4. The number of nitrogens with zero attached hydrogens (tertiary/aromatic N) is 1. The first-order chi connectivity index (χ1) is 21.0. The van der Waals surface area contributed by atoms with Crippen molar-refractivity contribution in [3.05, 3.63) is 88.0 Å². The number of ether oxygens (including phenoxy) is 3. The number of amidine groups is 1. The van der Waals surface area contributed by atoms with Crippen molar-refractivity contribution in [3.63, 3.8) is 0 Å². The Morgan fingerprint density at radius 1 is 1.05 bits per heavy atom. The molecule has 3 rings (SSSR count). The zero-order valence-corrected chi connectivity index (χ0v) is 25.7. The van der Waals surface area contributed by atoms with E-state index in [0.717, 1.165) is 16.7 Å². The van der Waals surface area contributed by atoms with E-state index in [4.69, 9.17) is 15.2 Å².